The van der Waals surface area contributed by atoms with Crippen LogP contribution < -0.4 is 0 Å². The quantitative estimate of drug-likeness (QED) is 0.217. The predicted octanol–water partition coefficient (Wildman–Crippen LogP) is -0.699. The van der Waals surface area contributed by atoms with Crippen LogP contribution in [0.5, 0.6) is 0 Å². The second kappa shape index (κ2) is 7.30. The monoisotopic (exact) mass is 297 g/mol. The number of hydrogen-bond donors (Lipinski definition) is 0. The Kier molecular flexibility index (Phi) is 5.74. The van der Waals surface area contributed by atoms with Gasteiger partial charge in [0.2, 0.25) is 5.91 Å². The standard InChI is InChI=1S/C12H15N3O6/c1-3-20-11(18)7-5-6-8(16)15(7)10(17)9(14-13)12(19)21-4-2/h7H,3-6H2,1-2H3. The smallest absolute Gasteiger partial charge is 0.463 e. The lowest BCUT2D eigenvalue weighted by atomic mass is 10.2. The minimum Gasteiger partial charge on any atom is -0.464 e. The third kappa shape index (κ3) is 3.51. The highest BCUT2D eigenvalue weighted by atomic mass is 16.5. The number of esters is 2. The molecule has 1 saturated heterocycles. The number of hydrogen-bond acceptors (Lipinski definition) is 6. The molecule has 1 aliphatic rings. The first-order valence-electron chi connectivity index (χ1n) is 6.40. The molecule has 0 N–H and O–H groups in total. The first kappa shape index (κ1) is 16.5. The summed E-state index contributed by atoms with van der Waals surface area (Å²) in [7, 11) is 0. The van der Waals surface area contributed by atoms with Crippen LogP contribution in [-0.2, 0) is 28.7 Å². The maximum absolute atomic E-state index is 12.1. The Morgan fingerprint density at radius 1 is 1.29 bits per heavy atom. The molecule has 114 valence electrons. The van der Waals surface area contributed by atoms with Crippen molar-refractivity contribution in [2.24, 2.45) is 0 Å². The summed E-state index contributed by atoms with van der Waals surface area (Å²) in [4.78, 5) is 50.2. The van der Waals surface area contributed by atoms with Crippen molar-refractivity contribution in [1.82, 2.24) is 4.90 Å². The molecule has 0 aromatic heterocycles. The van der Waals surface area contributed by atoms with Gasteiger partial charge in [-0.05, 0) is 20.3 Å². The normalized spacial score (nSPS) is 17.1. The van der Waals surface area contributed by atoms with Gasteiger partial charge >= 0.3 is 23.6 Å². The minimum atomic E-state index is -1.18. The molecule has 0 aromatic carbocycles. The summed E-state index contributed by atoms with van der Waals surface area (Å²) >= 11 is 0. The van der Waals surface area contributed by atoms with Crippen LogP contribution in [-0.4, -0.2) is 58.4 Å². The number of likely N-dealkylation sites (tertiary alicyclic amines) is 1. The molecule has 1 atom stereocenters. The van der Waals surface area contributed by atoms with Gasteiger partial charge in [0.1, 0.15) is 6.04 Å². The topological polar surface area (TPSA) is 126 Å². The summed E-state index contributed by atoms with van der Waals surface area (Å²) in [5, 5.41) is 0. The first-order valence-corrected chi connectivity index (χ1v) is 6.40. The molecule has 1 rings (SSSR count). The largest absolute Gasteiger partial charge is 0.464 e. The molecule has 1 unspecified atom stereocenters. The molecule has 9 heteroatoms. The van der Waals surface area contributed by atoms with E-state index in [0.29, 0.717) is 4.90 Å². The zero-order valence-electron chi connectivity index (χ0n) is 11.7. The van der Waals surface area contributed by atoms with E-state index in [1.165, 1.54) is 6.92 Å². The van der Waals surface area contributed by atoms with Gasteiger partial charge in [0.25, 0.3) is 0 Å². The number of carbonyl (C=O) groups is 4. The van der Waals surface area contributed by atoms with Crippen molar-refractivity contribution in [3.63, 3.8) is 0 Å². The van der Waals surface area contributed by atoms with Crippen LogP contribution >= 0.6 is 0 Å². The zero-order chi connectivity index (χ0) is 16.0. The van der Waals surface area contributed by atoms with E-state index in [1.54, 1.807) is 6.92 Å². The molecule has 0 saturated carbocycles. The first-order chi connectivity index (χ1) is 9.97. The lowest BCUT2D eigenvalue weighted by Crippen LogP contribution is -2.49. The van der Waals surface area contributed by atoms with Crippen molar-refractivity contribution < 1.29 is 33.4 Å². The molecule has 0 aliphatic carbocycles. The molecule has 21 heavy (non-hydrogen) atoms. The molecular weight excluding hydrogens is 282 g/mol. The minimum absolute atomic E-state index is 0.0413. The SMILES string of the molecule is CCOC(=O)C(=[N+]=[N-])C(=O)N1C(=O)CCC1C(=O)OCC. The van der Waals surface area contributed by atoms with Gasteiger partial charge < -0.3 is 15.0 Å². The van der Waals surface area contributed by atoms with Crippen LogP contribution in [0, 0.1) is 0 Å². The summed E-state index contributed by atoms with van der Waals surface area (Å²) in [5.41, 5.74) is 7.82. The fraction of sp³-hybridized carbons (Fsp3) is 0.583. The predicted molar refractivity (Wildman–Crippen MR) is 66.8 cm³/mol. The Morgan fingerprint density at radius 3 is 2.43 bits per heavy atom. The van der Waals surface area contributed by atoms with Gasteiger partial charge in [0.15, 0.2) is 0 Å². The van der Waals surface area contributed by atoms with Crippen LogP contribution in [0.25, 0.3) is 5.53 Å². The average Bonchev–Trinajstić information content (AvgIpc) is 2.82. The van der Waals surface area contributed by atoms with E-state index in [4.69, 9.17) is 10.3 Å². The highest BCUT2D eigenvalue weighted by molar-refractivity contribution is 6.62. The van der Waals surface area contributed by atoms with E-state index in [9.17, 15) is 19.2 Å². The summed E-state index contributed by atoms with van der Waals surface area (Å²) in [6.45, 7) is 3.13. The summed E-state index contributed by atoms with van der Waals surface area (Å²) in [6, 6.07) is -1.13. The van der Waals surface area contributed by atoms with Crippen LogP contribution in [0.1, 0.15) is 26.7 Å². The Morgan fingerprint density at radius 2 is 1.90 bits per heavy atom. The van der Waals surface area contributed by atoms with Crippen molar-refractivity contribution in [2.75, 3.05) is 13.2 Å². The van der Waals surface area contributed by atoms with Gasteiger partial charge in [0, 0.05) is 6.42 Å². The molecule has 1 aliphatic heterocycles. The lowest BCUT2D eigenvalue weighted by molar-refractivity contribution is -0.157. The molecule has 0 bridgehead atoms. The van der Waals surface area contributed by atoms with Gasteiger partial charge in [-0.25, -0.2) is 9.59 Å². The molecule has 9 nitrogen and oxygen atoms in total. The molecule has 1 fully saturated rings. The number of amides is 2. The number of imide groups is 1. The second-order valence-electron chi connectivity index (χ2n) is 4.04. The summed E-state index contributed by atoms with van der Waals surface area (Å²) in [6.07, 6.45) is 0.0433. The number of nitrogens with zero attached hydrogens (tertiary/aromatic N) is 3. The van der Waals surface area contributed by atoms with Crippen LogP contribution in [0.4, 0.5) is 0 Å². The fourth-order valence-corrected chi connectivity index (χ4v) is 1.88. The van der Waals surface area contributed by atoms with E-state index in [2.05, 4.69) is 9.53 Å². The maximum atomic E-state index is 12.1. The van der Waals surface area contributed by atoms with E-state index in [1.807, 2.05) is 0 Å². The van der Waals surface area contributed by atoms with Gasteiger partial charge in [-0.1, -0.05) is 0 Å². The van der Waals surface area contributed by atoms with Crippen molar-refractivity contribution >= 4 is 29.5 Å². The third-order valence-corrected chi connectivity index (χ3v) is 2.76. The number of rotatable bonds is 5. The summed E-state index contributed by atoms with van der Waals surface area (Å²) < 4.78 is 9.32. The highest BCUT2D eigenvalue weighted by Crippen LogP contribution is 2.20. The van der Waals surface area contributed by atoms with E-state index >= 15 is 0 Å². The molecule has 0 aromatic rings. The lowest BCUT2D eigenvalue weighted by Gasteiger charge is -2.18. The maximum Gasteiger partial charge on any atom is 0.463 e. The van der Waals surface area contributed by atoms with E-state index in [0.717, 1.165) is 0 Å². The second-order valence-corrected chi connectivity index (χ2v) is 4.04. The number of ether oxygens (including phenoxy) is 2. The van der Waals surface area contributed by atoms with Crippen LogP contribution in [0.2, 0.25) is 0 Å². The Bertz CT molecular complexity index is 523. The molecule has 1 heterocycles. The van der Waals surface area contributed by atoms with Crippen LogP contribution in [0.3, 0.4) is 0 Å². The zero-order valence-corrected chi connectivity index (χ0v) is 11.7. The highest BCUT2D eigenvalue weighted by Gasteiger charge is 2.47. The van der Waals surface area contributed by atoms with E-state index in [-0.39, 0.29) is 26.1 Å². The van der Waals surface area contributed by atoms with E-state index < -0.39 is 35.5 Å². The van der Waals surface area contributed by atoms with Crippen molar-refractivity contribution in [1.29, 1.82) is 0 Å². The van der Waals surface area contributed by atoms with Gasteiger partial charge in [0.05, 0.1) is 13.2 Å². The Hall–Kier alpha value is -2.54. The van der Waals surface area contributed by atoms with Crippen molar-refractivity contribution in [3.05, 3.63) is 5.53 Å². The van der Waals surface area contributed by atoms with Crippen molar-refractivity contribution in [2.45, 2.75) is 32.7 Å². The number of carbonyl (C=O) groups excluding carboxylic acids is 4. The molecule has 2 amide bonds. The molecular formula is C12H15N3O6. The average molecular weight is 297 g/mol. The Labute approximate surface area is 120 Å². The third-order valence-electron chi connectivity index (χ3n) is 2.76. The summed E-state index contributed by atoms with van der Waals surface area (Å²) in [5.74, 6) is -3.76. The molecule has 0 spiro atoms. The van der Waals surface area contributed by atoms with Crippen LogP contribution in [0.15, 0.2) is 0 Å². The van der Waals surface area contributed by atoms with Gasteiger partial charge in [-0.15, -0.1) is 0 Å². The van der Waals surface area contributed by atoms with Gasteiger partial charge in [-0.2, -0.15) is 4.79 Å². The van der Waals surface area contributed by atoms with Gasteiger partial charge in [-0.3, -0.25) is 14.5 Å². The Balaban J connectivity index is 3.01. The molecule has 0 radical (unpaired) electrons. The van der Waals surface area contributed by atoms with Crippen molar-refractivity contribution in [3.8, 4) is 0 Å². The fourth-order valence-electron chi connectivity index (χ4n) is 1.88.